The lowest BCUT2D eigenvalue weighted by molar-refractivity contribution is 0.0544. The Labute approximate surface area is 158 Å². The highest BCUT2D eigenvalue weighted by molar-refractivity contribution is 7.86. The Morgan fingerprint density at radius 3 is 2.48 bits per heavy atom. The fraction of sp³-hybridized carbons (Fsp3) is 0.500. The standard InChI is InChI=1S/C18H23NO7S/c1-11(26-27(5,21)22)6-12-9-19(17(20)25-18(2,3)4)14-8-16-15(7-13(12)14)23-10-24-16/h7-9,11H,6,10H2,1-5H3/t11-/m0/s1. The highest BCUT2D eigenvalue weighted by atomic mass is 32.2. The van der Waals surface area contributed by atoms with Crippen LogP contribution >= 0.6 is 0 Å². The molecule has 148 valence electrons. The Kier molecular flexibility index (Phi) is 4.85. The van der Waals surface area contributed by atoms with E-state index in [0.29, 0.717) is 23.4 Å². The molecule has 27 heavy (non-hydrogen) atoms. The Morgan fingerprint density at radius 2 is 1.89 bits per heavy atom. The van der Waals surface area contributed by atoms with Crippen molar-refractivity contribution in [1.29, 1.82) is 0 Å². The van der Waals surface area contributed by atoms with Crippen LogP contribution in [0.25, 0.3) is 10.9 Å². The van der Waals surface area contributed by atoms with Gasteiger partial charge in [0, 0.05) is 24.1 Å². The lowest BCUT2D eigenvalue weighted by atomic mass is 10.1. The first-order valence-electron chi connectivity index (χ1n) is 8.48. The maximum atomic E-state index is 12.6. The van der Waals surface area contributed by atoms with Crippen LogP contribution in [0.1, 0.15) is 33.3 Å². The summed E-state index contributed by atoms with van der Waals surface area (Å²) >= 11 is 0. The van der Waals surface area contributed by atoms with E-state index in [1.54, 1.807) is 46.0 Å². The van der Waals surface area contributed by atoms with Crippen LogP contribution in [0, 0.1) is 0 Å². The molecule has 1 aliphatic heterocycles. The number of benzene rings is 1. The molecular formula is C18H23NO7S. The summed E-state index contributed by atoms with van der Waals surface area (Å²) in [5.74, 6) is 1.11. The first kappa shape index (κ1) is 19.5. The minimum atomic E-state index is -3.58. The van der Waals surface area contributed by atoms with Gasteiger partial charge in [-0.3, -0.25) is 8.75 Å². The van der Waals surface area contributed by atoms with Crippen molar-refractivity contribution in [3.05, 3.63) is 23.9 Å². The van der Waals surface area contributed by atoms with E-state index in [4.69, 9.17) is 18.4 Å². The molecule has 0 aliphatic carbocycles. The second-order valence-electron chi connectivity index (χ2n) is 7.54. The molecule has 3 rings (SSSR count). The van der Waals surface area contributed by atoms with Crippen LogP contribution in [0.15, 0.2) is 18.3 Å². The third kappa shape index (κ3) is 4.54. The molecule has 1 atom stereocenters. The second kappa shape index (κ2) is 6.72. The Morgan fingerprint density at radius 1 is 1.26 bits per heavy atom. The second-order valence-corrected chi connectivity index (χ2v) is 9.14. The zero-order chi connectivity index (χ0) is 20.0. The van der Waals surface area contributed by atoms with Gasteiger partial charge >= 0.3 is 6.09 Å². The van der Waals surface area contributed by atoms with Gasteiger partial charge in [0.15, 0.2) is 11.5 Å². The number of ether oxygens (including phenoxy) is 3. The Bertz CT molecular complexity index is 985. The molecule has 0 radical (unpaired) electrons. The van der Waals surface area contributed by atoms with Crippen LogP contribution < -0.4 is 9.47 Å². The molecular weight excluding hydrogens is 374 g/mol. The average molecular weight is 397 g/mol. The van der Waals surface area contributed by atoms with E-state index in [0.717, 1.165) is 17.2 Å². The first-order chi connectivity index (χ1) is 12.4. The molecule has 0 saturated heterocycles. The van der Waals surface area contributed by atoms with E-state index in [1.807, 2.05) is 0 Å². The number of nitrogens with zero attached hydrogens (tertiary/aromatic N) is 1. The number of rotatable bonds is 4. The summed E-state index contributed by atoms with van der Waals surface area (Å²) < 4.78 is 45.5. The van der Waals surface area contributed by atoms with Gasteiger partial charge in [0.25, 0.3) is 10.1 Å². The summed E-state index contributed by atoms with van der Waals surface area (Å²) in [6.45, 7) is 7.12. The van der Waals surface area contributed by atoms with Crippen molar-refractivity contribution < 1.29 is 31.6 Å². The van der Waals surface area contributed by atoms with Crippen LogP contribution in [0.2, 0.25) is 0 Å². The smallest absolute Gasteiger partial charge is 0.419 e. The molecule has 2 heterocycles. The topological polar surface area (TPSA) is 93.1 Å². The molecule has 0 amide bonds. The van der Waals surface area contributed by atoms with E-state index in [2.05, 4.69) is 0 Å². The van der Waals surface area contributed by atoms with E-state index >= 15 is 0 Å². The van der Waals surface area contributed by atoms with Crippen molar-refractivity contribution in [2.45, 2.75) is 45.8 Å². The molecule has 9 heteroatoms. The molecule has 1 aromatic carbocycles. The van der Waals surface area contributed by atoms with E-state index in [1.165, 1.54) is 4.57 Å². The van der Waals surface area contributed by atoms with Crippen molar-refractivity contribution in [2.24, 2.45) is 0 Å². The molecule has 0 N–H and O–H groups in total. The zero-order valence-electron chi connectivity index (χ0n) is 15.9. The SMILES string of the molecule is C[C@@H](Cc1cn(C(=O)OC(C)(C)C)c2cc3c(cc12)OCO3)OS(C)(=O)=O. The van der Waals surface area contributed by atoms with Crippen LogP contribution in [-0.4, -0.2) is 43.8 Å². The van der Waals surface area contributed by atoms with E-state index < -0.39 is 27.9 Å². The third-order valence-electron chi connectivity index (χ3n) is 3.82. The quantitative estimate of drug-likeness (QED) is 0.732. The summed E-state index contributed by atoms with van der Waals surface area (Å²) in [5, 5.41) is 0.745. The maximum absolute atomic E-state index is 12.6. The van der Waals surface area contributed by atoms with Gasteiger partial charge in [0.1, 0.15) is 5.60 Å². The van der Waals surface area contributed by atoms with Crippen molar-refractivity contribution in [2.75, 3.05) is 13.0 Å². The summed E-state index contributed by atoms with van der Waals surface area (Å²) in [6.07, 6.45) is 1.80. The van der Waals surface area contributed by atoms with Gasteiger partial charge in [-0.15, -0.1) is 0 Å². The number of carbonyl (C=O) groups is 1. The van der Waals surface area contributed by atoms with Gasteiger partial charge in [0.05, 0.1) is 17.9 Å². The van der Waals surface area contributed by atoms with Gasteiger partial charge in [-0.05, 0) is 39.3 Å². The lowest BCUT2D eigenvalue weighted by Gasteiger charge is -2.19. The van der Waals surface area contributed by atoms with Gasteiger partial charge in [0.2, 0.25) is 6.79 Å². The largest absolute Gasteiger partial charge is 0.454 e. The van der Waals surface area contributed by atoms with Crippen LogP contribution in [0.3, 0.4) is 0 Å². The third-order valence-corrected chi connectivity index (χ3v) is 4.50. The van der Waals surface area contributed by atoms with Crippen molar-refractivity contribution in [1.82, 2.24) is 4.57 Å². The molecule has 8 nitrogen and oxygen atoms in total. The average Bonchev–Trinajstić information content (AvgIpc) is 3.06. The number of aromatic nitrogens is 1. The van der Waals surface area contributed by atoms with E-state index in [-0.39, 0.29) is 6.79 Å². The van der Waals surface area contributed by atoms with E-state index in [9.17, 15) is 13.2 Å². The molecule has 1 aliphatic rings. The van der Waals surface area contributed by atoms with Crippen molar-refractivity contribution in [3.8, 4) is 11.5 Å². The normalized spacial score (nSPS) is 15.1. The fourth-order valence-corrected chi connectivity index (χ4v) is 3.61. The van der Waals surface area contributed by atoms with Crippen LogP contribution in [0.5, 0.6) is 11.5 Å². The van der Waals surface area contributed by atoms with Crippen molar-refractivity contribution >= 4 is 27.1 Å². The Balaban J connectivity index is 2.04. The predicted molar refractivity (Wildman–Crippen MR) is 98.8 cm³/mol. The molecule has 1 aromatic heterocycles. The van der Waals surface area contributed by atoms with Gasteiger partial charge in [-0.1, -0.05) is 0 Å². The monoisotopic (exact) mass is 397 g/mol. The number of hydrogen-bond acceptors (Lipinski definition) is 7. The molecule has 0 saturated carbocycles. The molecule has 0 spiro atoms. The highest BCUT2D eigenvalue weighted by Crippen LogP contribution is 2.38. The highest BCUT2D eigenvalue weighted by Gasteiger charge is 2.25. The van der Waals surface area contributed by atoms with Crippen LogP contribution in [-0.2, 0) is 25.5 Å². The molecule has 0 fully saturated rings. The molecule has 0 unspecified atom stereocenters. The minimum Gasteiger partial charge on any atom is -0.454 e. The fourth-order valence-electron chi connectivity index (χ4n) is 2.95. The minimum absolute atomic E-state index is 0.108. The zero-order valence-corrected chi connectivity index (χ0v) is 16.8. The van der Waals surface area contributed by atoms with Gasteiger partial charge in [-0.2, -0.15) is 8.42 Å². The summed E-state index contributed by atoms with van der Waals surface area (Å²) in [6, 6.07) is 3.49. The summed E-state index contributed by atoms with van der Waals surface area (Å²) in [5.41, 5.74) is 0.678. The molecule has 2 aromatic rings. The summed E-state index contributed by atoms with van der Waals surface area (Å²) in [7, 11) is -3.58. The van der Waals surface area contributed by atoms with Crippen molar-refractivity contribution in [3.63, 3.8) is 0 Å². The first-order valence-corrected chi connectivity index (χ1v) is 10.3. The predicted octanol–water partition coefficient (Wildman–Crippen LogP) is 3.06. The lowest BCUT2D eigenvalue weighted by Crippen LogP contribution is -2.26. The maximum Gasteiger partial charge on any atom is 0.419 e. The number of hydrogen-bond donors (Lipinski definition) is 0. The van der Waals surface area contributed by atoms with Gasteiger partial charge in [-0.25, -0.2) is 4.79 Å². The van der Waals surface area contributed by atoms with Crippen LogP contribution in [0.4, 0.5) is 4.79 Å². The van der Waals surface area contributed by atoms with Gasteiger partial charge < -0.3 is 14.2 Å². The number of fused-ring (bicyclic) bond motifs is 2. The number of carbonyl (C=O) groups excluding carboxylic acids is 1. The molecule has 0 bridgehead atoms. The summed E-state index contributed by atoms with van der Waals surface area (Å²) in [4.78, 5) is 12.6. The Hall–Kier alpha value is -2.26.